The number of carbonyl (C=O) groups is 1. The van der Waals surface area contributed by atoms with E-state index in [0.29, 0.717) is 5.56 Å². The van der Waals surface area contributed by atoms with Gasteiger partial charge in [-0.15, -0.1) is 0 Å². The third-order valence-corrected chi connectivity index (χ3v) is 3.31. The molecule has 0 bridgehead atoms. The molecule has 112 valence electrons. The fourth-order valence-corrected chi connectivity index (χ4v) is 1.55. The molecular formula is C14H18F3NO2. The van der Waals surface area contributed by atoms with Gasteiger partial charge in [0.1, 0.15) is 0 Å². The van der Waals surface area contributed by atoms with Crippen molar-refractivity contribution in [3.63, 3.8) is 0 Å². The van der Waals surface area contributed by atoms with Gasteiger partial charge in [-0.1, -0.05) is 12.1 Å². The van der Waals surface area contributed by atoms with Crippen LogP contribution in [0.15, 0.2) is 24.3 Å². The van der Waals surface area contributed by atoms with Gasteiger partial charge in [0.05, 0.1) is 24.1 Å². The van der Waals surface area contributed by atoms with Crippen LogP contribution in [0.5, 0.6) is 0 Å². The largest absolute Gasteiger partial charge is 0.416 e. The zero-order valence-corrected chi connectivity index (χ0v) is 11.7. The van der Waals surface area contributed by atoms with Crippen molar-refractivity contribution in [3.05, 3.63) is 35.4 Å². The van der Waals surface area contributed by atoms with Crippen LogP contribution in [0, 0.1) is 0 Å². The number of halogens is 3. The van der Waals surface area contributed by atoms with E-state index in [-0.39, 0.29) is 18.9 Å². The summed E-state index contributed by atoms with van der Waals surface area (Å²) < 4.78 is 37.2. The number of hydrogen-bond donors (Lipinski definition) is 1. The normalized spacial score (nSPS) is 12.3. The van der Waals surface area contributed by atoms with Gasteiger partial charge in [-0.3, -0.25) is 4.79 Å². The van der Waals surface area contributed by atoms with Crippen molar-refractivity contribution in [2.45, 2.75) is 32.0 Å². The fourth-order valence-electron chi connectivity index (χ4n) is 1.55. The van der Waals surface area contributed by atoms with E-state index in [0.717, 1.165) is 12.1 Å². The van der Waals surface area contributed by atoms with Gasteiger partial charge >= 0.3 is 6.18 Å². The van der Waals surface area contributed by atoms with Crippen molar-refractivity contribution >= 4 is 5.91 Å². The van der Waals surface area contributed by atoms with Crippen molar-refractivity contribution in [2.75, 3.05) is 13.7 Å². The molecule has 0 radical (unpaired) electrons. The van der Waals surface area contributed by atoms with Gasteiger partial charge in [0.2, 0.25) is 5.91 Å². The standard InChI is InChI=1S/C14H18F3NO2/c1-13(2,9-19)18(3)12(20)8-10-4-6-11(7-5-10)14(15,16)17/h4-7,19H,8-9H2,1-3H3. The number of rotatable bonds is 4. The minimum atomic E-state index is -4.38. The van der Waals surface area contributed by atoms with Gasteiger partial charge in [-0.2, -0.15) is 13.2 Å². The first-order valence-electron chi connectivity index (χ1n) is 6.11. The van der Waals surface area contributed by atoms with Gasteiger partial charge in [0.15, 0.2) is 0 Å². The topological polar surface area (TPSA) is 40.5 Å². The van der Waals surface area contributed by atoms with Crippen LogP contribution in [0.3, 0.4) is 0 Å². The molecule has 0 atom stereocenters. The molecule has 0 aliphatic rings. The molecule has 0 saturated heterocycles. The number of carbonyl (C=O) groups excluding carboxylic acids is 1. The molecule has 1 N–H and O–H groups in total. The fraction of sp³-hybridized carbons (Fsp3) is 0.500. The Morgan fingerprint density at radius 3 is 2.10 bits per heavy atom. The number of aliphatic hydroxyl groups is 1. The summed E-state index contributed by atoms with van der Waals surface area (Å²) >= 11 is 0. The van der Waals surface area contributed by atoms with Gasteiger partial charge < -0.3 is 10.0 Å². The first-order valence-corrected chi connectivity index (χ1v) is 6.11. The van der Waals surface area contributed by atoms with Crippen molar-refractivity contribution in [1.82, 2.24) is 4.90 Å². The van der Waals surface area contributed by atoms with Crippen LogP contribution in [-0.2, 0) is 17.4 Å². The van der Waals surface area contributed by atoms with Gasteiger partial charge in [-0.25, -0.2) is 0 Å². The second kappa shape index (κ2) is 5.83. The molecule has 0 aromatic heterocycles. The maximum absolute atomic E-state index is 12.4. The number of likely N-dealkylation sites (N-methyl/N-ethyl adjacent to an activating group) is 1. The Balaban J connectivity index is 2.77. The Morgan fingerprint density at radius 2 is 1.70 bits per heavy atom. The number of amides is 1. The molecule has 0 saturated carbocycles. The number of aliphatic hydroxyl groups excluding tert-OH is 1. The van der Waals surface area contributed by atoms with Crippen LogP contribution in [-0.4, -0.2) is 35.1 Å². The molecule has 0 unspecified atom stereocenters. The minimum Gasteiger partial charge on any atom is -0.394 e. The smallest absolute Gasteiger partial charge is 0.394 e. The molecule has 0 heterocycles. The SMILES string of the molecule is CN(C(=O)Cc1ccc(C(F)(F)F)cc1)C(C)(C)CO. The third kappa shape index (κ3) is 3.96. The van der Waals surface area contributed by atoms with E-state index in [4.69, 9.17) is 0 Å². The van der Waals surface area contributed by atoms with Crippen LogP contribution in [0.4, 0.5) is 13.2 Å². The summed E-state index contributed by atoms with van der Waals surface area (Å²) in [5.41, 5.74) is -0.940. The van der Waals surface area contributed by atoms with E-state index in [1.807, 2.05) is 0 Å². The molecule has 0 fully saturated rings. The predicted octanol–water partition coefficient (Wildman–Crippen LogP) is 2.48. The summed E-state index contributed by atoms with van der Waals surface area (Å²) in [6.45, 7) is 3.22. The van der Waals surface area contributed by atoms with E-state index in [2.05, 4.69) is 0 Å². The van der Waals surface area contributed by atoms with Crippen molar-refractivity contribution in [2.24, 2.45) is 0 Å². The van der Waals surface area contributed by atoms with Crippen molar-refractivity contribution in [3.8, 4) is 0 Å². The molecule has 1 aromatic carbocycles. The van der Waals surface area contributed by atoms with Crippen LogP contribution >= 0.6 is 0 Å². The number of nitrogens with zero attached hydrogens (tertiary/aromatic N) is 1. The first kappa shape index (κ1) is 16.5. The molecule has 0 aliphatic carbocycles. The minimum absolute atomic E-state index is 0.00192. The molecule has 3 nitrogen and oxygen atoms in total. The van der Waals surface area contributed by atoms with Crippen molar-refractivity contribution in [1.29, 1.82) is 0 Å². The highest BCUT2D eigenvalue weighted by atomic mass is 19.4. The van der Waals surface area contributed by atoms with Gasteiger partial charge in [-0.05, 0) is 31.5 Å². The summed E-state index contributed by atoms with van der Waals surface area (Å²) in [6, 6.07) is 4.50. The predicted molar refractivity (Wildman–Crippen MR) is 69.1 cm³/mol. The zero-order chi connectivity index (χ0) is 15.6. The summed E-state index contributed by atoms with van der Waals surface area (Å²) in [6.07, 6.45) is -4.38. The van der Waals surface area contributed by atoms with Crippen LogP contribution < -0.4 is 0 Å². The molecule has 1 rings (SSSR count). The summed E-state index contributed by atoms with van der Waals surface area (Å²) in [5, 5.41) is 9.19. The summed E-state index contributed by atoms with van der Waals surface area (Å²) in [5.74, 6) is -0.260. The maximum atomic E-state index is 12.4. The highest BCUT2D eigenvalue weighted by Gasteiger charge is 2.30. The molecular weight excluding hydrogens is 271 g/mol. The Morgan fingerprint density at radius 1 is 1.20 bits per heavy atom. The molecule has 1 aromatic rings. The number of hydrogen-bond acceptors (Lipinski definition) is 2. The lowest BCUT2D eigenvalue weighted by molar-refractivity contribution is -0.137. The summed E-state index contributed by atoms with van der Waals surface area (Å²) in [7, 11) is 1.56. The third-order valence-electron chi connectivity index (χ3n) is 3.31. The Kier molecular flexibility index (Phi) is 4.81. The lowest BCUT2D eigenvalue weighted by atomic mass is 10.0. The first-order chi connectivity index (χ1) is 9.08. The van der Waals surface area contributed by atoms with Crippen LogP contribution in [0.2, 0.25) is 0 Å². The second-order valence-electron chi connectivity index (χ2n) is 5.29. The quantitative estimate of drug-likeness (QED) is 0.925. The number of benzene rings is 1. The highest BCUT2D eigenvalue weighted by molar-refractivity contribution is 5.79. The van der Waals surface area contributed by atoms with Gasteiger partial charge in [0, 0.05) is 7.05 Å². The average Bonchev–Trinajstić information content (AvgIpc) is 2.37. The van der Waals surface area contributed by atoms with Gasteiger partial charge in [0.25, 0.3) is 0 Å². The van der Waals surface area contributed by atoms with Crippen LogP contribution in [0.25, 0.3) is 0 Å². The van der Waals surface area contributed by atoms with E-state index in [1.54, 1.807) is 20.9 Å². The molecule has 6 heteroatoms. The zero-order valence-electron chi connectivity index (χ0n) is 11.7. The van der Waals surface area contributed by atoms with Crippen LogP contribution in [0.1, 0.15) is 25.0 Å². The molecule has 1 amide bonds. The average molecular weight is 289 g/mol. The van der Waals surface area contributed by atoms with E-state index in [9.17, 15) is 23.1 Å². The Hall–Kier alpha value is -1.56. The Labute approximate surface area is 116 Å². The molecule has 20 heavy (non-hydrogen) atoms. The Bertz CT molecular complexity index is 466. The highest BCUT2D eigenvalue weighted by Crippen LogP contribution is 2.29. The lowest BCUT2D eigenvalue weighted by Crippen LogP contribution is -2.48. The van der Waals surface area contributed by atoms with Crippen molar-refractivity contribution < 1.29 is 23.1 Å². The monoisotopic (exact) mass is 289 g/mol. The van der Waals surface area contributed by atoms with E-state index >= 15 is 0 Å². The second-order valence-corrected chi connectivity index (χ2v) is 5.29. The summed E-state index contributed by atoms with van der Waals surface area (Å²) in [4.78, 5) is 13.4. The molecule has 0 spiro atoms. The van der Waals surface area contributed by atoms with E-state index in [1.165, 1.54) is 17.0 Å². The number of alkyl halides is 3. The lowest BCUT2D eigenvalue weighted by Gasteiger charge is -2.34. The van der Waals surface area contributed by atoms with E-state index < -0.39 is 17.3 Å². The maximum Gasteiger partial charge on any atom is 0.416 e. The molecule has 0 aliphatic heterocycles.